The van der Waals surface area contributed by atoms with Crippen LogP contribution in [0.2, 0.25) is 0 Å². The number of amides is 2. The van der Waals surface area contributed by atoms with Gasteiger partial charge in [-0.2, -0.15) is 0 Å². The number of piperazine rings is 1. The maximum Gasteiger partial charge on any atom is 0.278 e. The topological polar surface area (TPSA) is 57.1 Å². The van der Waals surface area contributed by atoms with Crippen LogP contribution in [0, 0.1) is 0 Å². The summed E-state index contributed by atoms with van der Waals surface area (Å²) in [5.74, 6) is -0.0245. The Morgan fingerprint density at radius 1 is 1.17 bits per heavy atom. The molecule has 0 saturated carbocycles. The second kappa shape index (κ2) is 9.27. The van der Waals surface area contributed by atoms with Crippen LogP contribution < -0.4 is 15.1 Å². The Morgan fingerprint density at radius 3 is 2.42 bits per heavy atom. The van der Waals surface area contributed by atoms with E-state index >= 15 is 0 Å². The first-order valence-corrected chi connectivity index (χ1v) is 8.82. The van der Waals surface area contributed by atoms with Crippen LogP contribution >= 0.6 is 0 Å². The molecular weight excluding hydrogens is 304 g/mol. The number of nitrogens with zero attached hydrogens (tertiary/aromatic N) is 2. The number of nitrogens with one attached hydrogen (secondary N) is 2. The van der Waals surface area contributed by atoms with Gasteiger partial charge in [-0.3, -0.25) is 9.59 Å². The van der Waals surface area contributed by atoms with Gasteiger partial charge in [0, 0.05) is 18.8 Å². The van der Waals surface area contributed by atoms with Crippen molar-refractivity contribution >= 4 is 17.5 Å². The molecule has 1 aliphatic rings. The van der Waals surface area contributed by atoms with Crippen molar-refractivity contribution in [2.45, 2.75) is 13.8 Å². The second-order valence-corrected chi connectivity index (χ2v) is 6.11. The minimum absolute atomic E-state index is 0.0620. The quantitative estimate of drug-likeness (QED) is 0.699. The van der Waals surface area contributed by atoms with Crippen molar-refractivity contribution in [2.75, 3.05) is 57.3 Å². The molecule has 132 valence electrons. The number of anilines is 1. The summed E-state index contributed by atoms with van der Waals surface area (Å²) >= 11 is 0. The molecule has 1 fully saturated rings. The molecule has 1 aliphatic heterocycles. The Labute approximate surface area is 144 Å². The average Bonchev–Trinajstić information content (AvgIpc) is 2.61. The Bertz CT molecular complexity index is 527. The van der Waals surface area contributed by atoms with Crippen molar-refractivity contribution in [3.8, 4) is 0 Å². The third kappa shape index (κ3) is 5.23. The Balaban J connectivity index is 1.79. The molecule has 24 heavy (non-hydrogen) atoms. The summed E-state index contributed by atoms with van der Waals surface area (Å²) < 4.78 is 0. The second-order valence-electron chi connectivity index (χ2n) is 6.11. The molecule has 0 unspecified atom stereocenters. The van der Waals surface area contributed by atoms with Crippen molar-refractivity contribution < 1.29 is 14.5 Å². The lowest BCUT2D eigenvalue weighted by molar-refractivity contribution is -0.892. The van der Waals surface area contributed by atoms with E-state index in [9.17, 15) is 9.59 Å². The molecule has 0 radical (unpaired) electrons. The number of para-hydroxylation sites is 1. The number of quaternary nitrogens is 1. The van der Waals surface area contributed by atoms with Gasteiger partial charge in [0.1, 0.15) is 0 Å². The van der Waals surface area contributed by atoms with Crippen LogP contribution in [0.15, 0.2) is 30.3 Å². The van der Waals surface area contributed by atoms with E-state index in [0.29, 0.717) is 19.6 Å². The molecule has 1 saturated heterocycles. The predicted molar refractivity (Wildman–Crippen MR) is 95.2 cm³/mol. The van der Waals surface area contributed by atoms with Crippen LogP contribution in [0.4, 0.5) is 5.69 Å². The molecule has 6 heteroatoms. The normalized spacial score (nSPS) is 15.2. The Morgan fingerprint density at radius 2 is 1.83 bits per heavy atom. The number of carbonyl (C=O) groups is 2. The molecule has 1 aromatic carbocycles. The van der Waals surface area contributed by atoms with Crippen LogP contribution in [0.1, 0.15) is 13.8 Å². The van der Waals surface area contributed by atoms with E-state index < -0.39 is 0 Å². The lowest BCUT2D eigenvalue weighted by Gasteiger charge is -2.34. The summed E-state index contributed by atoms with van der Waals surface area (Å²) in [4.78, 5) is 29.4. The maximum absolute atomic E-state index is 12.4. The van der Waals surface area contributed by atoms with Crippen molar-refractivity contribution in [1.82, 2.24) is 10.2 Å². The van der Waals surface area contributed by atoms with Crippen LogP contribution in [0.5, 0.6) is 0 Å². The van der Waals surface area contributed by atoms with Crippen LogP contribution in [0.25, 0.3) is 0 Å². The summed E-state index contributed by atoms with van der Waals surface area (Å²) in [6.45, 7) is 9.38. The van der Waals surface area contributed by atoms with Gasteiger partial charge in [-0.1, -0.05) is 18.2 Å². The molecule has 0 atom stereocenters. The first kappa shape index (κ1) is 18.3. The Kier molecular flexibility index (Phi) is 7.06. The van der Waals surface area contributed by atoms with Crippen molar-refractivity contribution in [3.05, 3.63) is 30.3 Å². The number of likely N-dealkylation sites (N-methyl/N-ethyl adjacent to an activating group) is 2. The summed E-state index contributed by atoms with van der Waals surface area (Å²) in [7, 11) is 0. The van der Waals surface area contributed by atoms with E-state index in [1.54, 1.807) is 4.90 Å². The molecule has 2 rings (SSSR count). The number of carbonyl (C=O) groups excluding carboxylic acids is 2. The average molecular weight is 333 g/mol. The van der Waals surface area contributed by atoms with Gasteiger partial charge in [0.25, 0.3) is 5.91 Å². The van der Waals surface area contributed by atoms with Crippen molar-refractivity contribution in [2.24, 2.45) is 0 Å². The molecule has 6 nitrogen and oxygen atoms in total. The fourth-order valence-electron chi connectivity index (χ4n) is 3.03. The van der Waals surface area contributed by atoms with Gasteiger partial charge in [0.15, 0.2) is 6.54 Å². The largest absolute Gasteiger partial charge is 0.360 e. The predicted octanol–water partition coefficient (Wildman–Crippen LogP) is -0.624. The van der Waals surface area contributed by atoms with E-state index in [-0.39, 0.29) is 18.4 Å². The van der Waals surface area contributed by atoms with E-state index in [4.69, 9.17) is 0 Å². The minimum atomic E-state index is -0.0865. The lowest BCUT2D eigenvalue weighted by Crippen LogP contribution is -3.16. The molecule has 2 amide bonds. The van der Waals surface area contributed by atoms with E-state index in [2.05, 4.69) is 34.5 Å². The molecule has 0 bridgehead atoms. The monoisotopic (exact) mass is 333 g/mol. The van der Waals surface area contributed by atoms with Gasteiger partial charge in [0.2, 0.25) is 5.91 Å². The third-order valence-electron chi connectivity index (χ3n) is 4.44. The number of benzene rings is 1. The number of rotatable bonds is 7. The van der Waals surface area contributed by atoms with Crippen molar-refractivity contribution in [3.63, 3.8) is 0 Å². The smallest absolute Gasteiger partial charge is 0.278 e. The van der Waals surface area contributed by atoms with Crippen molar-refractivity contribution in [1.29, 1.82) is 0 Å². The maximum atomic E-state index is 12.4. The van der Waals surface area contributed by atoms with Crippen LogP contribution in [-0.4, -0.2) is 69.1 Å². The molecular formula is C18H29N4O2+. The summed E-state index contributed by atoms with van der Waals surface area (Å²) in [5, 5.41) is 2.75. The van der Waals surface area contributed by atoms with Crippen LogP contribution in [-0.2, 0) is 9.59 Å². The molecule has 0 aromatic heterocycles. The molecule has 0 spiro atoms. The Hall–Kier alpha value is -2.08. The van der Waals surface area contributed by atoms with Gasteiger partial charge in [-0.25, -0.2) is 0 Å². The summed E-state index contributed by atoms with van der Waals surface area (Å²) in [6, 6.07) is 10.4. The summed E-state index contributed by atoms with van der Waals surface area (Å²) in [5.41, 5.74) is 1.24. The highest BCUT2D eigenvalue weighted by molar-refractivity contribution is 5.85. The van der Waals surface area contributed by atoms with Gasteiger partial charge < -0.3 is 20.0 Å². The van der Waals surface area contributed by atoms with Gasteiger partial charge in [-0.15, -0.1) is 0 Å². The lowest BCUT2D eigenvalue weighted by atomic mass is 10.2. The van der Waals surface area contributed by atoms with Gasteiger partial charge >= 0.3 is 0 Å². The highest BCUT2D eigenvalue weighted by Gasteiger charge is 2.25. The van der Waals surface area contributed by atoms with E-state index in [1.807, 2.05) is 19.9 Å². The molecule has 1 aromatic rings. The highest BCUT2D eigenvalue weighted by atomic mass is 16.2. The van der Waals surface area contributed by atoms with E-state index in [0.717, 1.165) is 26.2 Å². The van der Waals surface area contributed by atoms with Gasteiger partial charge in [-0.05, 0) is 26.0 Å². The minimum Gasteiger partial charge on any atom is -0.360 e. The standard InChI is InChI=1S/C18H28N4O2/c1-3-19-17(23)14-21(4-2)18(24)15-20-10-12-22(13-11-20)16-8-6-5-7-9-16/h5-9H,3-4,10-15H2,1-2H3,(H,19,23)/p+1. The zero-order valence-corrected chi connectivity index (χ0v) is 14.8. The molecule has 1 heterocycles. The fraction of sp³-hybridized carbons (Fsp3) is 0.556. The highest BCUT2D eigenvalue weighted by Crippen LogP contribution is 2.12. The number of hydrogen-bond donors (Lipinski definition) is 2. The molecule has 2 N–H and O–H groups in total. The first-order chi connectivity index (χ1) is 11.6. The fourth-order valence-corrected chi connectivity index (χ4v) is 3.03. The SMILES string of the molecule is CCNC(=O)CN(CC)C(=O)C[NH+]1CCN(c2ccccc2)CC1. The zero-order valence-electron chi connectivity index (χ0n) is 14.8. The third-order valence-corrected chi connectivity index (χ3v) is 4.44. The van der Waals surface area contributed by atoms with E-state index in [1.165, 1.54) is 10.6 Å². The molecule has 0 aliphatic carbocycles. The van der Waals surface area contributed by atoms with Gasteiger partial charge in [0.05, 0.1) is 32.7 Å². The first-order valence-electron chi connectivity index (χ1n) is 8.82. The zero-order chi connectivity index (χ0) is 17.4. The summed E-state index contributed by atoms with van der Waals surface area (Å²) in [6.07, 6.45) is 0. The van der Waals surface area contributed by atoms with Crippen LogP contribution in [0.3, 0.4) is 0 Å². The number of hydrogen-bond acceptors (Lipinski definition) is 3.